The van der Waals surface area contributed by atoms with Gasteiger partial charge in [-0.3, -0.25) is 9.59 Å². The Hall–Kier alpha value is -2.41. The number of rotatable bonds is 5. The third-order valence-corrected chi connectivity index (χ3v) is 3.68. The molecular weight excluding hydrogens is 288 g/mol. The van der Waals surface area contributed by atoms with Gasteiger partial charge in [-0.25, -0.2) is 4.98 Å². The number of hydrogen-bond donors (Lipinski definition) is 3. The number of primary amides is 1. The first-order valence-electron chi connectivity index (χ1n) is 6.32. The van der Waals surface area contributed by atoms with Crippen LogP contribution in [0.1, 0.15) is 21.6 Å². The lowest BCUT2D eigenvalue weighted by atomic mass is 10.1. The fraction of sp³-hybridized carbons (Fsp3) is 0.214. The summed E-state index contributed by atoms with van der Waals surface area (Å²) in [7, 11) is 0. The molecule has 0 aliphatic rings. The molecular formula is C14H16N4O2S. The molecule has 0 radical (unpaired) electrons. The van der Waals surface area contributed by atoms with Crippen LogP contribution in [-0.2, 0) is 4.79 Å². The third kappa shape index (κ3) is 4.03. The summed E-state index contributed by atoms with van der Waals surface area (Å²) < 4.78 is 0. The van der Waals surface area contributed by atoms with Crippen molar-refractivity contribution in [3.05, 3.63) is 40.4 Å². The summed E-state index contributed by atoms with van der Waals surface area (Å²) in [5, 5.41) is 7.78. The van der Waals surface area contributed by atoms with E-state index in [1.165, 1.54) is 22.5 Å². The molecule has 0 aliphatic heterocycles. The Morgan fingerprint density at radius 3 is 2.71 bits per heavy atom. The summed E-state index contributed by atoms with van der Waals surface area (Å²) in [4.78, 5) is 26.5. The first-order chi connectivity index (χ1) is 9.95. The number of carbonyl (C=O) groups excluding carboxylic acids is 2. The Labute approximate surface area is 126 Å². The molecule has 7 heteroatoms. The number of carbonyl (C=O) groups is 2. The molecule has 2 amide bonds. The smallest absolute Gasteiger partial charge is 0.271 e. The lowest BCUT2D eigenvalue weighted by Crippen LogP contribution is -2.33. The van der Waals surface area contributed by atoms with E-state index in [9.17, 15) is 9.59 Å². The van der Waals surface area contributed by atoms with Crippen LogP contribution in [0.15, 0.2) is 23.6 Å². The standard InChI is InChI=1S/C14H16N4O2S/c1-8-3-4-10(5-9(8)2)17-14-18-11(7-21-14)13(20)16-6-12(15)19/h3-5,7H,6H2,1-2H3,(H2,15,19)(H,16,20)(H,17,18). The van der Waals surface area contributed by atoms with Gasteiger partial charge in [0.25, 0.3) is 5.91 Å². The summed E-state index contributed by atoms with van der Waals surface area (Å²) in [5.74, 6) is -1.01. The minimum atomic E-state index is -0.591. The fourth-order valence-electron chi connectivity index (χ4n) is 1.64. The average molecular weight is 304 g/mol. The van der Waals surface area contributed by atoms with Gasteiger partial charge >= 0.3 is 0 Å². The number of aryl methyl sites for hydroxylation is 2. The summed E-state index contributed by atoms with van der Waals surface area (Å²) in [6, 6.07) is 5.99. The van der Waals surface area contributed by atoms with E-state index in [-0.39, 0.29) is 12.2 Å². The van der Waals surface area contributed by atoms with Gasteiger partial charge in [0.2, 0.25) is 5.91 Å². The maximum atomic E-state index is 11.7. The maximum absolute atomic E-state index is 11.7. The van der Waals surface area contributed by atoms with E-state index >= 15 is 0 Å². The van der Waals surface area contributed by atoms with Crippen LogP contribution in [0.4, 0.5) is 10.8 Å². The number of amides is 2. The molecule has 6 nitrogen and oxygen atoms in total. The van der Waals surface area contributed by atoms with Crippen molar-refractivity contribution in [3.63, 3.8) is 0 Å². The number of nitrogens with zero attached hydrogens (tertiary/aromatic N) is 1. The van der Waals surface area contributed by atoms with Gasteiger partial charge in [0.15, 0.2) is 5.13 Å². The van der Waals surface area contributed by atoms with Crippen LogP contribution in [0.2, 0.25) is 0 Å². The average Bonchev–Trinajstić information content (AvgIpc) is 2.89. The number of thiazole rings is 1. The van der Waals surface area contributed by atoms with Crippen LogP contribution in [0.5, 0.6) is 0 Å². The highest BCUT2D eigenvalue weighted by Crippen LogP contribution is 2.22. The van der Waals surface area contributed by atoms with Gasteiger partial charge < -0.3 is 16.4 Å². The van der Waals surface area contributed by atoms with E-state index in [2.05, 4.69) is 15.6 Å². The van der Waals surface area contributed by atoms with Crippen molar-refractivity contribution < 1.29 is 9.59 Å². The zero-order valence-electron chi connectivity index (χ0n) is 11.8. The molecule has 21 heavy (non-hydrogen) atoms. The second-order valence-corrected chi connectivity index (χ2v) is 5.47. The summed E-state index contributed by atoms with van der Waals surface area (Å²) in [6.45, 7) is 3.88. The molecule has 0 fully saturated rings. The number of hydrogen-bond acceptors (Lipinski definition) is 5. The largest absolute Gasteiger partial charge is 0.368 e. The highest BCUT2D eigenvalue weighted by Gasteiger charge is 2.11. The number of nitrogens with two attached hydrogens (primary N) is 1. The lowest BCUT2D eigenvalue weighted by molar-refractivity contribution is -0.117. The van der Waals surface area contributed by atoms with E-state index in [0.29, 0.717) is 5.13 Å². The Morgan fingerprint density at radius 2 is 2.05 bits per heavy atom. The molecule has 2 aromatic rings. The predicted molar refractivity (Wildman–Crippen MR) is 82.8 cm³/mol. The summed E-state index contributed by atoms with van der Waals surface area (Å²) in [6.07, 6.45) is 0. The maximum Gasteiger partial charge on any atom is 0.271 e. The first kappa shape index (κ1) is 15.0. The van der Waals surface area contributed by atoms with E-state index in [4.69, 9.17) is 5.73 Å². The monoisotopic (exact) mass is 304 g/mol. The van der Waals surface area contributed by atoms with Gasteiger partial charge in [-0.1, -0.05) is 6.07 Å². The van der Waals surface area contributed by atoms with E-state index < -0.39 is 11.8 Å². The normalized spacial score (nSPS) is 10.2. The van der Waals surface area contributed by atoms with Crippen LogP contribution in [0.25, 0.3) is 0 Å². The minimum absolute atomic E-state index is 0.198. The Kier molecular flexibility index (Phi) is 4.54. The zero-order chi connectivity index (χ0) is 15.4. The van der Waals surface area contributed by atoms with Crippen molar-refractivity contribution in [1.29, 1.82) is 0 Å². The van der Waals surface area contributed by atoms with Crippen molar-refractivity contribution in [2.45, 2.75) is 13.8 Å². The molecule has 1 aromatic heterocycles. The molecule has 0 saturated heterocycles. The van der Waals surface area contributed by atoms with Crippen molar-refractivity contribution in [3.8, 4) is 0 Å². The molecule has 0 saturated carbocycles. The second-order valence-electron chi connectivity index (χ2n) is 4.61. The van der Waals surface area contributed by atoms with E-state index in [0.717, 1.165) is 5.69 Å². The molecule has 2 rings (SSSR count). The van der Waals surface area contributed by atoms with Crippen LogP contribution < -0.4 is 16.4 Å². The molecule has 0 bridgehead atoms. The minimum Gasteiger partial charge on any atom is -0.368 e. The number of anilines is 2. The van der Waals surface area contributed by atoms with Gasteiger partial charge in [-0.2, -0.15) is 0 Å². The zero-order valence-corrected chi connectivity index (χ0v) is 12.6. The third-order valence-electron chi connectivity index (χ3n) is 2.92. The molecule has 1 aromatic carbocycles. The molecule has 0 unspecified atom stereocenters. The Balaban J connectivity index is 2.04. The van der Waals surface area contributed by atoms with Crippen molar-refractivity contribution in [1.82, 2.24) is 10.3 Å². The van der Waals surface area contributed by atoms with E-state index in [1.807, 2.05) is 32.0 Å². The Morgan fingerprint density at radius 1 is 1.29 bits per heavy atom. The number of nitrogens with one attached hydrogen (secondary N) is 2. The number of aromatic nitrogens is 1. The van der Waals surface area contributed by atoms with Crippen molar-refractivity contribution >= 4 is 34.0 Å². The molecule has 1 heterocycles. The lowest BCUT2D eigenvalue weighted by Gasteiger charge is -2.05. The molecule has 0 spiro atoms. The molecule has 110 valence electrons. The van der Waals surface area contributed by atoms with Gasteiger partial charge in [-0.05, 0) is 37.1 Å². The van der Waals surface area contributed by atoms with Crippen molar-refractivity contribution in [2.24, 2.45) is 5.73 Å². The van der Waals surface area contributed by atoms with Crippen LogP contribution in [-0.4, -0.2) is 23.3 Å². The summed E-state index contributed by atoms with van der Waals surface area (Å²) >= 11 is 1.32. The van der Waals surface area contributed by atoms with Crippen molar-refractivity contribution in [2.75, 3.05) is 11.9 Å². The van der Waals surface area contributed by atoms with Gasteiger partial charge in [0.1, 0.15) is 5.69 Å². The first-order valence-corrected chi connectivity index (χ1v) is 7.20. The van der Waals surface area contributed by atoms with Crippen LogP contribution in [0.3, 0.4) is 0 Å². The molecule has 0 aliphatic carbocycles. The van der Waals surface area contributed by atoms with Gasteiger partial charge in [-0.15, -0.1) is 11.3 Å². The molecule has 4 N–H and O–H groups in total. The fourth-order valence-corrected chi connectivity index (χ4v) is 2.35. The highest BCUT2D eigenvalue weighted by atomic mass is 32.1. The summed E-state index contributed by atoms with van der Waals surface area (Å²) in [5.41, 5.74) is 8.53. The van der Waals surface area contributed by atoms with E-state index in [1.54, 1.807) is 5.38 Å². The topological polar surface area (TPSA) is 97.1 Å². The molecule has 0 atom stereocenters. The van der Waals surface area contributed by atoms with Crippen LogP contribution >= 0.6 is 11.3 Å². The predicted octanol–water partition coefficient (Wildman–Crippen LogP) is 1.72. The highest BCUT2D eigenvalue weighted by molar-refractivity contribution is 7.14. The quantitative estimate of drug-likeness (QED) is 0.783. The van der Waals surface area contributed by atoms with Crippen LogP contribution in [0, 0.1) is 13.8 Å². The van der Waals surface area contributed by atoms with Gasteiger partial charge in [0, 0.05) is 11.1 Å². The van der Waals surface area contributed by atoms with Gasteiger partial charge in [0.05, 0.1) is 6.54 Å². The number of benzene rings is 1. The Bertz CT molecular complexity index is 681. The second kappa shape index (κ2) is 6.36. The SMILES string of the molecule is Cc1ccc(Nc2nc(C(=O)NCC(N)=O)cs2)cc1C.